The molecule has 2 amide bonds. The molecule has 7 nitrogen and oxygen atoms in total. The van der Waals surface area contributed by atoms with Crippen LogP contribution in [0.25, 0.3) is 11.1 Å². The Hall–Kier alpha value is -3.39. The lowest BCUT2D eigenvalue weighted by Crippen LogP contribution is -2.51. The molecule has 1 aliphatic carbocycles. The highest BCUT2D eigenvalue weighted by molar-refractivity contribution is 6.30. The molecular formula is C27H27ClN4O3. The fourth-order valence-electron chi connectivity index (χ4n) is 4.50. The number of nitrogens with one attached hydrogen (secondary N) is 1. The van der Waals surface area contributed by atoms with Crippen LogP contribution in [-0.4, -0.2) is 72.1 Å². The van der Waals surface area contributed by atoms with Gasteiger partial charge in [0.25, 0.3) is 0 Å². The van der Waals surface area contributed by atoms with Crippen molar-refractivity contribution in [3.05, 3.63) is 88.9 Å². The number of oxime groups is 1. The number of aliphatic hydroxyl groups excluding tert-OH is 1. The molecule has 180 valence electrons. The van der Waals surface area contributed by atoms with Crippen molar-refractivity contribution in [2.24, 2.45) is 5.16 Å². The quantitative estimate of drug-likeness (QED) is 0.395. The second kappa shape index (κ2) is 10.5. The summed E-state index contributed by atoms with van der Waals surface area (Å²) in [5.74, 6) is 0. The van der Waals surface area contributed by atoms with Crippen LogP contribution < -0.4 is 5.32 Å². The van der Waals surface area contributed by atoms with Crippen LogP contribution in [0.1, 0.15) is 11.1 Å². The number of hydrogen-bond donors (Lipinski definition) is 2. The Morgan fingerprint density at radius 1 is 0.914 bits per heavy atom. The molecule has 0 spiro atoms. The molecule has 0 radical (unpaired) electrons. The molecule has 5 rings (SSSR count). The van der Waals surface area contributed by atoms with Crippen LogP contribution >= 0.6 is 11.6 Å². The van der Waals surface area contributed by atoms with Gasteiger partial charge in [-0.05, 0) is 35.4 Å². The lowest BCUT2D eigenvalue weighted by molar-refractivity contribution is 0.0122. The fourth-order valence-corrected chi connectivity index (χ4v) is 4.63. The number of nitrogens with zero attached hydrogens (tertiary/aromatic N) is 3. The van der Waals surface area contributed by atoms with Crippen molar-refractivity contribution < 1.29 is 14.7 Å². The first-order valence-electron chi connectivity index (χ1n) is 11.7. The number of β-amino-alcohol motifs (C(OH)–C–C–N with tert-alkyl or cyclic N) is 1. The summed E-state index contributed by atoms with van der Waals surface area (Å²) in [6, 6.07) is 23.2. The maximum atomic E-state index is 12.5. The minimum Gasteiger partial charge on any atom is -0.392 e. The minimum atomic E-state index is -0.680. The molecule has 0 unspecified atom stereocenters. The zero-order valence-corrected chi connectivity index (χ0v) is 20.0. The van der Waals surface area contributed by atoms with Gasteiger partial charge in [-0.2, -0.15) is 0 Å². The number of amides is 2. The predicted octanol–water partition coefficient (Wildman–Crippen LogP) is 4.30. The van der Waals surface area contributed by atoms with Crippen molar-refractivity contribution in [2.75, 3.05) is 44.6 Å². The number of carbonyl (C=O) groups is 1. The van der Waals surface area contributed by atoms with Crippen molar-refractivity contribution in [3.63, 3.8) is 0 Å². The zero-order chi connectivity index (χ0) is 24.2. The third kappa shape index (κ3) is 5.32. The zero-order valence-electron chi connectivity index (χ0n) is 19.2. The normalized spacial score (nSPS) is 15.8. The monoisotopic (exact) mass is 490 g/mol. The Kier molecular flexibility index (Phi) is 6.99. The summed E-state index contributed by atoms with van der Waals surface area (Å²) in [6.45, 7) is 3.10. The third-order valence-electron chi connectivity index (χ3n) is 6.30. The number of rotatable bonds is 6. The van der Waals surface area contributed by atoms with E-state index in [9.17, 15) is 9.90 Å². The van der Waals surface area contributed by atoms with Gasteiger partial charge in [0.2, 0.25) is 0 Å². The summed E-state index contributed by atoms with van der Waals surface area (Å²) in [4.78, 5) is 22.0. The second-order valence-corrected chi connectivity index (χ2v) is 9.14. The lowest BCUT2D eigenvalue weighted by atomic mass is 10.1. The maximum Gasteiger partial charge on any atom is 0.321 e. The first-order chi connectivity index (χ1) is 17.1. The number of fused-ring (bicyclic) bond motifs is 3. The summed E-state index contributed by atoms with van der Waals surface area (Å²) in [7, 11) is 0. The van der Waals surface area contributed by atoms with E-state index < -0.39 is 6.10 Å². The molecule has 1 fully saturated rings. The molecule has 3 aromatic carbocycles. The summed E-state index contributed by atoms with van der Waals surface area (Å²) < 4.78 is 0. The highest BCUT2D eigenvalue weighted by Gasteiger charge is 2.25. The standard InChI is InChI=1S/C27H27ClN4O3/c28-19-9-11-20(12-10-19)29-27(34)32-15-13-31(14-16-32)17-21(33)18-35-30-26-24-7-3-1-5-22(24)23-6-2-4-8-25(23)26/h1-12,21,33H,13-18H2,(H,29,34)/t21-/m0/s1. The van der Waals surface area contributed by atoms with Gasteiger partial charge in [0.05, 0.1) is 0 Å². The molecule has 8 heteroatoms. The number of benzene rings is 3. The van der Waals surface area contributed by atoms with Gasteiger partial charge in [0, 0.05) is 54.6 Å². The van der Waals surface area contributed by atoms with E-state index in [4.69, 9.17) is 16.4 Å². The molecule has 35 heavy (non-hydrogen) atoms. The molecule has 0 aromatic heterocycles. The maximum absolute atomic E-state index is 12.5. The van der Waals surface area contributed by atoms with Gasteiger partial charge in [0.15, 0.2) is 0 Å². The van der Waals surface area contributed by atoms with E-state index in [1.807, 2.05) is 36.4 Å². The van der Waals surface area contributed by atoms with Gasteiger partial charge < -0.3 is 20.2 Å². The molecule has 3 aromatic rings. The van der Waals surface area contributed by atoms with Crippen molar-refractivity contribution in [3.8, 4) is 11.1 Å². The van der Waals surface area contributed by atoms with Crippen molar-refractivity contribution in [2.45, 2.75) is 6.10 Å². The van der Waals surface area contributed by atoms with Crippen LogP contribution in [0.15, 0.2) is 78.0 Å². The minimum absolute atomic E-state index is 0.102. The van der Waals surface area contributed by atoms with Crippen molar-refractivity contribution >= 4 is 29.0 Å². The molecule has 2 aliphatic rings. The van der Waals surface area contributed by atoms with Gasteiger partial charge in [-0.3, -0.25) is 4.90 Å². The van der Waals surface area contributed by atoms with Crippen LogP contribution in [0, 0.1) is 0 Å². The SMILES string of the molecule is O=C(Nc1ccc(Cl)cc1)N1CCN(C[C@H](O)CON=C2c3ccccc3-c3ccccc32)CC1. The Morgan fingerprint density at radius 2 is 1.49 bits per heavy atom. The van der Waals surface area contributed by atoms with Crippen LogP contribution in [0.2, 0.25) is 5.02 Å². The number of halogens is 1. The van der Waals surface area contributed by atoms with Crippen LogP contribution in [0.5, 0.6) is 0 Å². The van der Waals surface area contributed by atoms with Gasteiger partial charge in [-0.25, -0.2) is 4.79 Å². The number of anilines is 1. The second-order valence-electron chi connectivity index (χ2n) is 8.71. The van der Waals surface area contributed by atoms with E-state index in [-0.39, 0.29) is 12.6 Å². The Morgan fingerprint density at radius 3 is 2.09 bits per heavy atom. The molecular weight excluding hydrogens is 464 g/mol. The molecule has 1 aliphatic heterocycles. The van der Waals surface area contributed by atoms with Gasteiger partial charge in [0.1, 0.15) is 18.4 Å². The van der Waals surface area contributed by atoms with E-state index in [0.717, 1.165) is 28.0 Å². The highest BCUT2D eigenvalue weighted by atomic mass is 35.5. The Bertz CT molecular complexity index is 1180. The Labute approximate surface area is 209 Å². The highest BCUT2D eigenvalue weighted by Crippen LogP contribution is 2.36. The average molecular weight is 491 g/mol. The van der Waals surface area contributed by atoms with Crippen molar-refractivity contribution in [1.29, 1.82) is 0 Å². The lowest BCUT2D eigenvalue weighted by Gasteiger charge is -2.35. The largest absolute Gasteiger partial charge is 0.392 e. The van der Waals surface area contributed by atoms with E-state index in [1.54, 1.807) is 29.2 Å². The molecule has 0 saturated carbocycles. The van der Waals surface area contributed by atoms with E-state index >= 15 is 0 Å². The Balaban J connectivity index is 1.10. The van der Waals surface area contributed by atoms with Gasteiger partial charge >= 0.3 is 6.03 Å². The van der Waals surface area contributed by atoms with Crippen LogP contribution in [-0.2, 0) is 4.84 Å². The third-order valence-corrected chi connectivity index (χ3v) is 6.55. The van der Waals surface area contributed by atoms with E-state index in [2.05, 4.69) is 27.5 Å². The number of carbonyl (C=O) groups excluding carboxylic acids is 1. The smallest absolute Gasteiger partial charge is 0.321 e. The van der Waals surface area contributed by atoms with Crippen LogP contribution in [0.3, 0.4) is 0 Å². The van der Waals surface area contributed by atoms with Crippen molar-refractivity contribution in [1.82, 2.24) is 9.80 Å². The summed E-state index contributed by atoms with van der Waals surface area (Å²) in [6.07, 6.45) is -0.680. The average Bonchev–Trinajstić information content (AvgIpc) is 3.20. The number of hydrogen-bond acceptors (Lipinski definition) is 5. The molecule has 0 bridgehead atoms. The number of piperazine rings is 1. The first-order valence-corrected chi connectivity index (χ1v) is 12.1. The van der Waals surface area contributed by atoms with E-state index in [1.165, 1.54) is 0 Å². The molecule has 1 atom stereocenters. The summed E-state index contributed by atoms with van der Waals surface area (Å²) >= 11 is 5.89. The van der Waals surface area contributed by atoms with E-state index in [0.29, 0.717) is 43.4 Å². The molecule has 1 heterocycles. The molecule has 1 saturated heterocycles. The fraction of sp³-hybridized carbons (Fsp3) is 0.259. The van der Waals surface area contributed by atoms with Gasteiger partial charge in [-0.1, -0.05) is 65.3 Å². The topological polar surface area (TPSA) is 77.4 Å². The number of urea groups is 1. The predicted molar refractivity (Wildman–Crippen MR) is 138 cm³/mol. The number of aliphatic hydroxyl groups is 1. The molecule has 2 N–H and O–H groups in total. The van der Waals surface area contributed by atoms with Gasteiger partial charge in [-0.15, -0.1) is 0 Å². The first kappa shape index (κ1) is 23.4. The summed E-state index contributed by atoms with van der Waals surface area (Å²) in [5, 5.41) is 18.4. The summed E-state index contributed by atoms with van der Waals surface area (Å²) in [5.41, 5.74) is 5.87. The van der Waals surface area contributed by atoms with Crippen LogP contribution in [0.4, 0.5) is 10.5 Å².